The molecule has 1 unspecified atom stereocenters. The van der Waals surface area contributed by atoms with Crippen molar-refractivity contribution in [2.24, 2.45) is 0 Å². The smallest absolute Gasteiger partial charge is 0.281 e. The van der Waals surface area contributed by atoms with Gasteiger partial charge in [0.2, 0.25) is 21.9 Å². The van der Waals surface area contributed by atoms with Crippen molar-refractivity contribution < 1.29 is 30.7 Å². The maximum absolute atomic E-state index is 15.0. The summed E-state index contributed by atoms with van der Waals surface area (Å²) in [5.74, 6) is -3.58. The summed E-state index contributed by atoms with van der Waals surface area (Å²) in [6.07, 6.45) is 2.28. The number of hydrogen-bond acceptors (Lipinski definition) is 7. The molecule has 1 saturated heterocycles. The quantitative estimate of drug-likeness (QED) is 0.349. The minimum Gasteiger partial charge on any atom is -0.479 e. The molecule has 5 rings (SSSR count). The van der Waals surface area contributed by atoms with Crippen molar-refractivity contribution in [1.29, 1.82) is 0 Å². The van der Waals surface area contributed by atoms with Crippen LogP contribution in [0, 0.1) is 12.7 Å². The summed E-state index contributed by atoms with van der Waals surface area (Å²) < 4.78 is 90.2. The van der Waals surface area contributed by atoms with Crippen LogP contribution in [0.2, 0.25) is 0 Å². The van der Waals surface area contributed by atoms with Gasteiger partial charge in [0, 0.05) is 18.3 Å². The molecule has 0 aliphatic carbocycles. The molecular formula is C23H25F4N7O3S. The van der Waals surface area contributed by atoms with Gasteiger partial charge >= 0.3 is 0 Å². The van der Waals surface area contributed by atoms with Crippen molar-refractivity contribution in [3.8, 4) is 17.0 Å². The molecule has 0 amide bonds. The van der Waals surface area contributed by atoms with E-state index in [1.54, 1.807) is 29.8 Å². The highest BCUT2D eigenvalue weighted by Gasteiger charge is 2.47. The molecule has 4 aromatic rings. The Labute approximate surface area is 215 Å². The fourth-order valence-corrected chi connectivity index (χ4v) is 5.62. The number of methoxy groups -OCH3 is 1. The molecule has 1 aliphatic heterocycles. The van der Waals surface area contributed by atoms with Gasteiger partial charge in [0.05, 0.1) is 38.0 Å². The number of imidazole rings is 1. The number of aryl methyl sites for hydroxylation is 2. The Morgan fingerprint density at radius 1 is 1.26 bits per heavy atom. The number of aromatic nitrogens is 5. The van der Waals surface area contributed by atoms with E-state index in [0.717, 1.165) is 10.6 Å². The highest BCUT2D eigenvalue weighted by Crippen LogP contribution is 2.35. The number of sulfonamides is 1. The first-order valence-corrected chi connectivity index (χ1v) is 13.5. The third-order valence-corrected chi connectivity index (χ3v) is 7.88. The van der Waals surface area contributed by atoms with Gasteiger partial charge in [-0.1, -0.05) is 0 Å². The highest BCUT2D eigenvalue weighted by molar-refractivity contribution is 7.88. The molecule has 1 aromatic carbocycles. The molecule has 0 spiro atoms. The zero-order chi connectivity index (χ0) is 27.4. The van der Waals surface area contributed by atoms with Crippen LogP contribution in [0.3, 0.4) is 0 Å². The summed E-state index contributed by atoms with van der Waals surface area (Å²) in [5.41, 5.74) is 1.87. The standard InChI is InChI=1S/C23H25F4N7O3S/c1-13-28-19-16(25)10-14(11-17(19)33(13)9-6-24)15-4-8-34-20(15)21(37-2)30-22(31-34)29-18-5-7-32(38(3,35)36)12-23(18,26)27/h4,8,10-11,18H,5-7,9,12H2,1-3H3,(H,29,31). The van der Waals surface area contributed by atoms with Gasteiger partial charge in [-0.3, -0.25) is 0 Å². The molecule has 1 fully saturated rings. The molecule has 0 bridgehead atoms. The Bertz CT molecular complexity index is 1640. The Morgan fingerprint density at radius 2 is 2.03 bits per heavy atom. The minimum absolute atomic E-state index is 0.0247. The number of benzene rings is 1. The number of ether oxygens (including phenoxy) is 1. The van der Waals surface area contributed by atoms with Gasteiger partial charge in [0.25, 0.3) is 5.92 Å². The molecule has 1 N–H and O–H groups in total. The average Bonchev–Trinajstić information content (AvgIpc) is 3.41. The van der Waals surface area contributed by atoms with E-state index in [1.807, 2.05) is 0 Å². The molecule has 0 saturated carbocycles. The average molecular weight is 556 g/mol. The van der Waals surface area contributed by atoms with Crippen LogP contribution in [0.4, 0.5) is 23.5 Å². The first-order valence-electron chi connectivity index (χ1n) is 11.7. The summed E-state index contributed by atoms with van der Waals surface area (Å²) >= 11 is 0. The van der Waals surface area contributed by atoms with E-state index in [1.165, 1.54) is 17.7 Å². The van der Waals surface area contributed by atoms with Gasteiger partial charge in [-0.2, -0.15) is 9.29 Å². The molecule has 4 heterocycles. The third kappa shape index (κ3) is 4.53. The zero-order valence-corrected chi connectivity index (χ0v) is 21.6. The maximum Gasteiger partial charge on any atom is 0.281 e. The number of alkyl halides is 3. The van der Waals surface area contributed by atoms with Crippen molar-refractivity contribution in [2.75, 3.05) is 38.4 Å². The summed E-state index contributed by atoms with van der Waals surface area (Å²) in [4.78, 5) is 8.46. The number of nitrogens with zero attached hydrogens (tertiary/aromatic N) is 6. The second-order valence-corrected chi connectivity index (χ2v) is 11.1. The van der Waals surface area contributed by atoms with Crippen LogP contribution in [0.25, 0.3) is 27.7 Å². The Kier molecular flexibility index (Phi) is 6.46. The van der Waals surface area contributed by atoms with Gasteiger partial charge in [0.15, 0.2) is 5.82 Å². The largest absolute Gasteiger partial charge is 0.479 e. The number of nitrogens with one attached hydrogen (secondary N) is 1. The van der Waals surface area contributed by atoms with E-state index < -0.39 is 41.0 Å². The number of halogens is 4. The lowest BCUT2D eigenvalue weighted by molar-refractivity contribution is -0.0541. The summed E-state index contributed by atoms with van der Waals surface area (Å²) in [6.45, 7) is 0.0190. The van der Waals surface area contributed by atoms with Gasteiger partial charge in [-0.15, -0.1) is 5.10 Å². The van der Waals surface area contributed by atoms with Crippen LogP contribution in [0.5, 0.6) is 5.88 Å². The zero-order valence-electron chi connectivity index (χ0n) is 20.8. The second-order valence-electron chi connectivity index (χ2n) is 9.14. The van der Waals surface area contributed by atoms with Crippen molar-refractivity contribution in [3.63, 3.8) is 0 Å². The maximum atomic E-state index is 15.0. The summed E-state index contributed by atoms with van der Waals surface area (Å²) in [5, 5.41) is 6.90. The molecular weight excluding hydrogens is 530 g/mol. The van der Waals surface area contributed by atoms with Crippen LogP contribution in [0.1, 0.15) is 12.2 Å². The molecule has 1 atom stereocenters. The summed E-state index contributed by atoms with van der Waals surface area (Å²) in [7, 11) is -2.41. The fraction of sp³-hybridized carbons (Fsp3) is 0.435. The van der Waals surface area contributed by atoms with E-state index in [9.17, 15) is 26.0 Å². The monoisotopic (exact) mass is 555 g/mol. The fourth-order valence-electron chi connectivity index (χ4n) is 4.77. The number of anilines is 1. The number of rotatable bonds is 7. The van der Waals surface area contributed by atoms with Crippen LogP contribution in [-0.4, -0.2) is 82.0 Å². The van der Waals surface area contributed by atoms with E-state index in [2.05, 4.69) is 20.4 Å². The Morgan fingerprint density at radius 3 is 2.68 bits per heavy atom. The van der Waals surface area contributed by atoms with Gasteiger partial charge < -0.3 is 14.6 Å². The lowest BCUT2D eigenvalue weighted by Crippen LogP contribution is -2.55. The predicted molar refractivity (Wildman–Crippen MR) is 132 cm³/mol. The summed E-state index contributed by atoms with van der Waals surface area (Å²) in [6, 6.07) is 3.23. The lowest BCUT2D eigenvalue weighted by atomic mass is 10.0. The normalized spacial score (nSPS) is 18.3. The van der Waals surface area contributed by atoms with Crippen molar-refractivity contribution in [2.45, 2.75) is 31.9 Å². The second kappa shape index (κ2) is 9.38. The van der Waals surface area contributed by atoms with E-state index in [4.69, 9.17) is 4.74 Å². The van der Waals surface area contributed by atoms with E-state index >= 15 is 0 Å². The molecule has 3 aromatic heterocycles. The molecule has 38 heavy (non-hydrogen) atoms. The molecule has 10 nitrogen and oxygen atoms in total. The van der Waals surface area contributed by atoms with Gasteiger partial charge in [0.1, 0.15) is 23.5 Å². The van der Waals surface area contributed by atoms with Crippen molar-refractivity contribution in [3.05, 3.63) is 36.0 Å². The van der Waals surface area contributed by atoms with Gasteiger partial charge in [-0.25, -0.2) is 35.5 Å². The van der Waals surface area contributed by atoms with Crippen molar-refractivity contribution >= 4 is 32.5 Å². The predicted octanol–water partition coefficient (Wildman–Crippen LogP) is 3.25. The minimum atomic E-state index is -3.76. The first kappa shape index (κ1) is 26.2. The van der Waals surface area contributed by atoms with E-state index in [0.29, 0.717) is 28.0 Å². The Hall–Kier alpha value is -3.46. The molecule has 15 heteroatoms. The topological polar surface area (TPSA) is 107 Å². The molecule has 1 aliphatic rings. The molecule has 204 valence electrons. The van der Waals surface area contributed by atoms with Crippen LogP contribution >= 0.6 is 0 Å². The van der Waals surface area contributed by atoms with Crippen LogP contribution < -0.4 is 10.1 Å². The van der Waals surface area contributed by atoms with Crippen molar-refractivity contribution in [1.82, 2.24) is 28.5 Å². The lowest BCUT2D eigenvalue weighted by Gasteiger charge is -2.37. The van der Waals surface area contributed by atoms with Crippen LogP contribution in [0.15, 0.2) is 24.4 Å². The SMILES string of the molecule is COc1nc(NC2CCN(S(C)(=O)=O)CC2(F)F)nn2ccc(-c3cc(F)c4nc(C)n(CCF)c4c3)c12. The highest BCUT2D eigenvalue weighted by atomic mass is 32.2. The number of piperidine rings is 1. The molecule has 0 radical (unpaired) electrons. The first-order chi connectivity index (χ1) is 17.9. The van der Waals surface area contributed by atoms with Crippen LogP contribution in [-0.2, 0) is 16.6 Å². The number of fused-ring (bicyclic) bond motifs is 2. The number of hydrogen-bond donors (Lipinski definition) is 1. The van der Waals surface area contributed by atoms with E-state index in [-0.39, 0.29) is 36.9 Å². The van der Waals surface area contributed by atoms with Gasteiger partial charge in [-0.05, 0) is 37.1 Å². The third-order valence-electron chi connectivity index (χ3n) is 6.63. The Balaban J connectivity index is 1.52.